The van der Waals surface area contributed by atoms with Crippen LogP contribution in [0.2, 0.25) is 0 Å². The van der Waals surface area contributed by atoms with Gasteiger partial charge in [-0.05, 0) is 11.8 Å². The maximum atomic E-state index is 12.2. The number of halogens is 1. The van der Waals surface area contributed by atoms with Crippen LogP contribution in [0.5, 0.6) is 0 Å². The monoisotopic (exact) mass is 380 g/mol. The third-order valence-electron chi connectivity index (χ3n) is 1.87. The van der Waals surface area contributed by atoms with Gasteiger partial charge >= 0.3 is 0 Å². The Bertz CT molecular complexity index is 417. The summed E-state index contributed by atoms with van der Waals surface area (Å²) >= 11 is 0. The molecule has 1 heterocycles. The standard InChI is InChI=1S/C12H8FN.Pt/c13-9-11-7-4-8-12(14-11)10-5-2-1-3-6-10;/h1-5,7-9H;/q-1;. The fourth-order valence-corrected chi connectivity index (χ4v) is 1.21. The maximum absolute atomic E-state index is 12.2. The molecule has 0 atom stereocenters. The summed E-state index contributed by atoms with van der Waals surface area (Å²) in [4.78, 5) is 4.10. The van der Waals surface area contributed by atoms with Gasteiger partial charge in [-0.25, -0.2) is 4.39 Å². The zero-order valence-corrected chi connectivity index (χ0v) is 10.0. The van der Waals surface area contributed by atoms with Crippen LogP contribution in [0, 0.1) is 12.7 Å². The molecule has 79 valence electrons. The van der Waals surface area contributed by atoms with Crippen LogP contribution in [0.4, 0.5) is 4.39 Å². The van der Waals surface area contributed by atoms with Crippen molar-refractivity contribution < 1.29 is 25.5 Å². The fraction of sp³-hybridized carbons (Fsp3) is 0. The molecule has 0 amide bonds. The number of benzene rings is 1. The van der Waals surface area contributed by atoms with Crippen LogP contribution in [-0.2, 0) is 21.1 Å². The smallest absolute Gasteiger partial charge is 0.178 e. The van der Waals surface area contributed by atoms with E-state index < -0.39 is 0 Å². The molecule has 0 aliphatic rings. The minimum Gasteiger partial charge on any atom is -0.298 e. The van der Waals surface area contributed by atoms with Gasteiger partial charge in [0.05, 0.1) is 5.69 Å². The van der Waals surface area contributed by atoms with Crippen molar-refractivity contribution in [3.63, 3.8) is 0 Å². The van der Waals surface area contributed by atoms with E-state index in [9.17, 15) is 4.39 Å². The molecular formula is C12H8FNPt-. The Kier molecular flexibility index (Phi) is 4.64. The molecule has 0 saturated carbocycles. The van der Waals surface area contributed by atoms with E-state index in [1.807, 2.05) is 30.3 Å². The first-order valence-electron chi connectivity index (χ1n) is 4.28. The molecule has 1 radical (unpaired) electrons. The van der Waals surface area contributed by atoms with E-state index in [1.165, 1.54) is 0 Å². The van der Waals surface area contributed by atoms with Crippen LogP contribution >= 0.6 is 0 Å². The van der Waals surface area contributed by atoms with Crippen LogP contribution in [0.1, 0.15) is 5.69 Å². The van der Waals surface area contributed by atoms with E-state index in [-0.39, 0.29) is 21.1 Å². The first-order valence-corrected chi connectivity index (χ1v) is 4.28. The van der Waals surface area contributed by atoms with Crippen LogP contribution in [0.15, 0.2) is 42.5 Å². The summed E-state index contributed by atoms with van der Waals surface area (Å²) in [6.45, 7) is 0.492. The van der Waals surface area contributed by atoms with Gasteiger partial charge in [0.25, 0.3) is 0 Å². The van der Waals surface area contributed by atoms with Gasteiger partial charge < -0.3 is 0 Å². The molecule has 0 bridgehead atoms. The molecule has 0 aliphatic heterocycles. The fourth-order valence-electron chi connectivity index (χ4n) is 1.21. The van der Waals surface area contributed by atoms with Gasteiger partial charge in [-0.3, -0.25) is 4.98 Å². The summed E-state index contributed by atoms with van der Waals surface area (Å²) in [5.41, 5.74) is 1.94. The Morgan fingerprint density at radius 3 is 2.67 bits per heavy atom. The van der Waals surface area contributed by atoms with Crippen molar-refractivity contribution >= 4 is 0 Å². The number of nitrogens with zero attached hydrogens (tertiary/aromatic N) is 1. The number of aromatic nitrogens is 1. The first kappa shape index (κ1) is 12.1. The predicted octanol–water partition coefficient (Wildman–Crippen LogP) is 3.03. The average molecular weight is 380 g/mol. The van der Waals surface area contributed by atoms with Crippen molar-refractivity contribution in [3.8, 4) is 11.3 Å². The minimum absolute atomic E-state index is 0. The number of pyridine rings is 1. The average Bonchev–Trinajstić information content (AvgIpc) is 2.30. The van der Waals surface area contributed by atoms with E-state index in [0.29, 0.717) is 12.4 Å². The molecule has 3 heteroatoms. The largest absolute Gasteiger partial charge is 0.298 e. The van der Waals surface area contributed by atoms with Crippen molar-refractivity contribution in [2.24, 2.45) is 0 Å². The minimum atomic E-state index is 0. The summed E-state index contributed by atoms with van der Waals surface area (Å²) in [7, 11) is 0. The molecule has 0 N–H and O–H groups in total. The predicted molar refractivity (Wildman–Crippen MR) is 53.0 cm³/mol. The molecule has 0 spiro atoms. The zero-order chi connectivity index (χ0) is 9.80. The molecule has 1 nitrogen and oxygen atoms in total. The van der Waals surface area contributed by atoms with Crippen molar-refractivity contribution in [1.29, 1.82) is 0 Å². The summed E-state index contributed by atoms with van der Waals surface area (Å²) in [5, 5.41) is 0. The number of hydrogen-bond acceptors (Lipinski definition) is 1. The van der Waals surface area contributed by atoms with Gasteiger partial charge in [0.2, 0.25) is 0 Å². The summed E-state index contributed by atoms with van der Waals surface area (Å²) in [6.07, 6.45) is 0. The molecule has 0 fully saturated rings. The maximum Gasteiger partial charge on any atom is 0.178 e. The third kappa shape index (κ3) is 2.97. The Balaban J connectivity index is 0.00000112. The van der Waals surface area contributed by atoms with Gasteiger partial charge in [0, 0.05) is 21.1 Å². The Hall–Kier alpha value is -1.01. The van der Waals surface area contributed by atoms with Crippen molar-refractivity contribution in [1.82, 2.24) is 4.98 Å². The van der Waals surface area contributed by atoms with Crippen LogP contribution in [-0.4, -0.2) is 4.98 Å². The molecule has 15 heavy (non-hydrogen) atoms. The molecule has 0 unspecified atom stereocenters. The Morgan fingerprint density at radius 1 is 1.13 bits per heavy atom. The SMILES string of the molecule is F[CH]c1cccc(-c2[c-]cccc2)n1.[Pt]. The van der Waals surface area contributed by atoms with Crippen molar-refractivity contribution in [2.45, 2.75) is 0 Å². The van der Waals surface area contributed by atoms with Gasteiger partial charge in [-0.2, -0.15) is 0 Å². The van der Waals surface area contributed by atoms with E-state index >= 15 is 0 Å². The molecule has 0 saturated heterocycles. The van der Waals surface area contributed by atoms with Gasteiger partial charge in [-0.1, -0.05) is 12.1 Å². The van der Waals surface area contributed by atoms with E-state index in [4.69, 9.17) is 0 Å². The van der Waals surface area contributed by atoms with Crippen molar-refractivity contribution in [2.75, 3.05) is 0 Å². The van der Waals surface area contributed by atoms with Gasteiger partial charge in [0.15, 0.2) is 6.67 Å². The summed E-state index contributed by atoms with van der Waals surface area (Å²) < 4.78 is 12.2. The van der Waals surface area contributed by atoms with Crippen LogP contribution < -0.4 is 0 Å². The topological polar surface area (TPSA) is 12.9 Å². The second-order valence-electron chi connectivity index (χ2n) is 2.83. The molecular weight excluding hydrogens is 372 g/mol. The second-order valence-corrected chi connectivity index (χ2v) is 2.83. The van der Waals surface area contributed by atoms with E-state index in [0.717, 1.165) is 11.3 Å². The molecule has 2 aromatic rings. The third-order valence-corrected chi connectivity index (χ3v) is 1.87. The first-order chi connectivity index (χ1) is 6.90. The van der Waals surface area contributed by atoms with Crippen molar-refractivity contribution in [3.05, 3.63) is 60.9 Å². The zero-order valence-electron chi connectivity index (χ0n) is 7.76. The summed E-state index contributed by atoms with van der Waals surface area (Å²) in [5.74, 6) is 0. The quantitative estimate of drug-likeness (QED) is 0.730. The molecule has 1 aromatic carbocycles. The summed E-state index contributed by atoms with van der Waals surface area (Å²) in [6, 6.07) is 15.7. The van der Waals surface area contributed by atoms with Crippen LogP contribution in [0.25, 0.3) is 11.3 Å². The van der Waals surface area contributed by atoms with E-state index in [2.05, 4.69) is 11.1 Å². The Labute approximate surface area is 103 Å². The van der Waals surface area contributed by atoms with E-state index in [1.54, 1.807) is 12.1 Å². The van der Waals surface area contributed by atoms with Gasteiger partial charge in [-0.15, -0.1) is 35.9 Å². The second kappa shape index (κ2) is 5.77. The molecule has 1 aromatic heterocycles. The normalized spacial score (nSPS) is 9.40. The molecule has 2 rings (SSSR count). The molecule has 0 aliphatic carbocycles. The van der Waals surface area contributed by atoms with Gasteiger partial charge in [0.1, 0.15) is 0 Å². The van der Waals surface area contributed by atoms with Crippen LogP contribution in [0.3, 0.4) is 0 Å². The number of rotatable bonds is 2. The Morgan fingerprint density at radius 2 is 2.00 bits per heavy atom. The number of hydrogen-bond donors (Lipinski definition) is 0.